The summed E-state index contributed by atoms with van der Waals surface area (Å²) >= 11 is 0. The second kappa shape index (κ2) is 16.6. The number of hydrogen-bond acceptors (Lipinski definition) is 8. The van der Waals surface area contributed by atoms with E-state index in [9.17, 15) is 27.6 Å². The Morgan fingerprint density at radius 2 is 1.47 bits per heavy atom. The lowest BCUT2D eigenvalue weighted by atomic mass is 9.73. The number of piperidine rings is 1. The van der Waals surface area contributed by atoms with E-state index in [1.807, 2.05) is 27.7 Å². The molecule has 0 bridgehead atoms. The van der Waals surface area contributed by atoms with Crippen molar-refractivity contribution in [3.63, 3.8) is 0 Å². The molecule has 0 radical (unpaired) electrons. The lowest BCUT2D eigenvalue weighted by molar-refractivity contribution is -0.147. The van der Waals surface area contributed by atoms with Crippen molar-refractivity contribution >= 4 is 39.3 Å². The van der Waals surface area contributed by atoms with Crippen molar-refractivity contribution in [1.29, 1.82) is 0 Å². The molecule has 2 spiro atoms. The van der Waals surface area contributed by atoms with Gasteiger partial charge in [-0.1, -0.05) is 80.1 Å². The van der Waals surface area contributed by atoms with Crippen LogP contribution < -0.4 is 10.0 Å². The Labute approximate surface area is 343 Å². The van der Waals surface area contributed by atoms with Gasteiger partial charge in [-0.25, -0.2) is 8.42 Å². The minimum absolute atomic E-state index is 0.0162. The summed E-state index contributed by atoms with van der Waals surface area (Å²) in [5.74, 6) is -2.76. The zero-order valence-electron chi connectivity index (χ0n) is 36.4. The maximum absolute atomic E-state index is 15.3. The molecule has 6 aliphatic rings. The molecule has 2 N–H and O–H groups in total. The van der Waals surface area contributed by atoms with Crippen LogP contribution in [-0.4, -0.2) is 90.0 Å². The molecule has 4 saturated carbocycles. The molecule has 2 heterocycles. The molecule has 0 aromatic rings. The molecule has 6 atom stereocenters. The number of rotatable bonds is 16. The Bertz CT molecular complexity index is 1650. The monoisotopic (exact) mass is 815 g/mol. The third kappa shape index (κ3) is 8.39. The van der Waals surface area contributed by atoms with E-state index >= 15 is 4.79 Å². The number of carbonyl (C=O) groups is 5. The molecule has 2 saturated heterocycles. The SMILES string of the molecule is CCC[C@H](CC(=O)[C@@H]1C[C@@]2(CN1C(=O)[C@@H](CC(=O)[C@@H](NC(=O)[C@@H]1CCCCN1C(C)C)C1CCCCC1)C(C)(C)C)C(C)(C)C21CCC1)C(=O)NS(=O)(=O)C1CC1. The van der Waals surface area contributed by atoms with Crippen LogP contribution >= 0.6 is 0 Å². The molecule has 57 heavy (non-hydrogen) atoms. The van der Waals surface area contributed by atoms with Gasteiger partial charge in [0.2, 0.25) is 27.7 Å². The predicted molar refractivity (Wildman–Crippen MR) is 221 cm³/mol. The number of carbonyl (C=O) groups excluding carboxylic acids is 5. The number of amides is 3. The third-order valence-corrected chi connectivity index (χ3v) is 18.0. The number of fused-ring (bicyclic) bond motifs is 1. The van der Waals surface area contributed by atoms with Crippen LogP contribution in [0.25, 0.3) is 0 Å². The van der Waals surface area contributed by atoms with E-state index in [2.05, 4.69) is 42.6 Å². The van der Waals surface area contributed by atoms with Crippen molar-refractivity contribution in [2.24, 2.45) is 39.4 Å². The van der Waals surface area contributed by atoms with E-state index in [-0.39, 0.29) is 70.5 Å². The van der Waals surface area contributed by atoms with E-state index in [4.69, 9.17) is 0 Å². The van der Waals surface area contributed by atoms with Crippen molar-refractivity contribution in [2.75, 3.05) is 13.1 Å². The molecule has 2 aliphatic heterocycles. The zero-order chi connectivity index (χ0) is 41.7. The summed E-state index contributed by atoms with van der Waals surface area (Å²) in [4.78, 5) is 76.2. The Balaban J connectivity index is 1.26. The van der Waals surface area contributed by atoms with E-state index < -0.39 is 50.5 Å². The summed E-state index contributed by atoms with van der Waals surface area (Å²) in [7, 11) is -3.78. The van der Waals surface area contributed by atoms with Gasteiger partial charge in [0.1, 0.15) is 0 Å². The maximum Gasteiger partial charge on any atom is 0.237 e. The van der Waals surface area contributed by atoms with E-state index in [0.717, 1.165) is 77.2 Å². The van der Waals surface area contributed by atoms with Crippen molar-refractivity contribution in [3.8, 4) is 0 Å². The smallest absolute Gasteiger partial charge is 0.237 e. The van der Waals surface area contributed by atoms with Gasteiger partial charge in [-0.15, -0.1) is 0 Å². The minimum atomic E-state index is -3.78. The highest BCUT2D eigenvalue weighted by Gasteiger charge is 2.85. The summed E-state index contributed by atoms with van der Waals surface area (Å²) in [5, 5.41) is 2.72. The molecule has 6 rings (SSSR count). The Morgan fingerprint density at radius 1 is 0.825 bits per heavy atom. The number of likely N-dealkylation sites (tertiary alicyclic amines) is 2. The standard InChI is InChI=1S/C45H74N4O7S/c1-9-16-31(39(52)47-57(55,56)32-20-21-32)25-36(50)35-27-45(43(7,8)44(45)22-15-23-44)28-49(35)41(54)33(42(4,5)6)26-37(51)38(30-17-11-10-12-18-30)46-40(53)34-19-13-14-24-48(34)29(2)3/h29-35,38H,9-28H2,1-8H3,(H,46,53)(H,47,52)/t31-,33-,34+,35+,38+,45-/m1/s1. The van der Waals surface area contributed by atoms with Gasteiger partial charge in [0, 0.05) is 42.7 Å². The minimum Gasteiger partial charge on any atom is -0.345 e. The first-order valence-electron chi connectivity index (χ1n) is 22.7. The van der Waals surface area contributed by atoms with Crippen LogP contribution in [0.5, 0.6) is 0 Å². The molecular formula is C45H74N4O7S. The molecule has 4 aliphatic carbocycles. The fourth-order valence-corrected chi connectivity index (χ4v) is 13.6. The molecule has 11 nitrogen and oxygen atoms in total. The second-order valence-corrected chi connectivity index (χ2v) is 23.0. The van der Waals surface area contributed by atoms with Gasteiger partial charge in [0.15, 0.2) is 11.6 Å². The summed E-state index contributed by atoms with van der Waals surface area (Å²) in [5.41, 5.74) is -0.876. The third-order valence-electron chi connectivity index (χ3n) is 16.2. The summed E-state index contributed by atoms with van der Waals surface area (Å²) < 4.78 is 27.7. The maximum atomic E-state index is 15.3. The quantitative estimate of drug-likeness (QED) is 0.175. The van der Waals surface area contributed by atoms with Crippen molar-refractivity contribution in [2.45, 2.75) is 200 Å². The van der Waals surface area contributed by atoms with Gasteiger partial charge in [-0.2, -0.15) is 0 Å². The van der Waals surface area contributed by atoms with Crippen LogP contribution in [0, 0.1) is 39.4 Å². The number of sulfonamides is 1. The topological polar surface area (TPSA) is 150 Å². The number of nitrogens with one attached hydrogen (secondary N) is 2. The van der Waals surface area contributed by atoms with Crippen molar-refractivity contribution in [1.82, 2.24) is 19.8 Å². The molecule has 322 valence electrons. The van der Waals surface area contributed by atoms with Crippen LogP contribution in [0.15, 0.2) is 0 Å². The molecule has 12 heteroatoms. The van der Waals surface area contributed by atoms with Gasteiger partial charge >= 0.3 is 0 Å². The highest BCUT2D eigenvalue weighted by Crippen LogP contribution is 2.88. The Hall–Kier alpha value is -2.34. The number of Topliss-reactive ketones (excluding diaryl/α,β-unsaturated/α-hetero) is 2. The average Bonchev–Trinajstić information content (AvgIpc) is 4.00. The van der Waals surface area contributed by atoms with Gasteiger partial charge in [0.25, 0.3) is 0 Å². The second-order valence-electron chi connectivity index (χ2n) is 21.0. The molecule has 3 amide bonds. The first kappa shape index (κ1) is 44.2. The van der Waals surface area contributed by atoms with Crippen molar-refractivity contribution < 1.29 is 32.4 Å². The highest BCUT2D eigenvalue weighted by atomic mass is 32.2. The fraction of sp³-hybridized carbons (Fsp3) is 0.889. The average molecular weight is 815 g/mol. The van der Waals surface area contributed by atoms with Crippen LogP contribution in [0.2, 0.25) is 0 Å². The first-order chi connectivity index (χ1) is 26.7. The molecule has 0 aromatic heterocycles. The van der Waals surface area contributed by atoms with Crippen LogP contribution in [0.4, 0.5) is 0 Å². The summed E-state index contributed by atoms with van der Waals surface area (Å²) in [6.45, 7) is 17.9. The number of hydrogen-bond donors (Lipinski definition) is 2. The molecule has 0 unspecified atom stereocenters. The predicted octanol–water partition coefficient (Wildman–Crippen LogP) is 6.72. The van der Waals surface area contributed by atoms with Gasteiger partial charge in [-0.05, 0) is 107 Å². The van der Waals surface area contributed by atoms with Crippen molar-refractivity contribution in [3.05, 3.63) is 0 Å². The lowest BCUT2D eigenvalue weighted by Gasteiger charge is -2.40. The molecule has 6 fully saturated rings. The molecular weight excluding hydrogens is 741 g/mol. The van der Waals surface area contributed by atoms with Crippen LogP contribution in [-0.2, 0) is 34.0 Å². The Morgan fingerprint density at radius 3 is 2.02 bits per heavy atom. The summed E-state index contributed by atoms with van der Waals surface area (Å²) in [6, 6.07) is -1.50. The summed E-state index contributed by atoms with van der Waals surface area (Å²) in [6.07, 6.45) is 13.3. The van der Waals surface area contributed by atoms with Gasteiger partial charge < -0.3 is 10.2 Å². The zero-order valence-corrected chi connectivity index (χ0v) is 37.2. The largest absolute Gasteiger partial charge is 0.345 e. The normalized spacial score (nSPS) is 29.1. The number of ketones is 2. The van der Waals surface area contributed by atoms with Crippen LogP contribution in [0.3, 0.4) is 0 Å². The van der Waals surface area contributed by atoms with E-state index in [1.165, 1.54) is 0 Å². The Kier molecular flexibility index (Phi) is 12.9. The van der Waals surface area contributed by atoms with Gasteiger partial charge in [0.05, 0.1) is 23.4 Å². The lowest BCUT2D eigenvalue weighted by Crippen LogP contribution is -2.57. The molecule has 0 aromatic carbocycles. The van der Waals surface area contributed by atoms with E-state index in [0.29, 0.717) is 38.6 Å². The van der Waals surface area contributed by atoms with Gasteiger partial charge in [-0.3, -0.25) is 33.6 Å². The fourth-order valence-electron chi connectivity index (χ4n) is 12.2. The van der Waals surface area contributed by atoms with Crippen LogP contribution in [0.1, 0.15) is 171 Å². The highest BCUT2D eigenvalue weighted by molar-refractivity contribution is 7.90. The first-order valence-corrected chi connectivity index (χ1v) is 24.2. The number of nitrogens with zero attached hydrogens (tertiary/aromatic N) is 2. The van der Waals surface area contributed by atoms with E-state index in [1.54, 1.807) is 4.90 Å².